The van der Waals surface area contributed by atoms with Crippen LogP contribution in [0.15, 0.2) is 18.5 Å². The number of aromatic nitrogens is 1. The van der Waals surface area contributed by atoms with Crippen LogP contribution in [0.2, 0.25) is 0 Å². The van der Waals surface area contributed by atoms with Crippen molar-refractivity contribution in [2.75, 3.05) is 0 Å². The highest BCUT2D eigenvalue weighted by Crippen LogP contribution is 2.17. The molecule has 16 heavy (non-hydrogen) atoms. The molecule has 1 aromatic rings. The van der Waals surface area contributed by atoms with Gasteiger partial charge in [-0.2, -0.15) is 0 Å². The van der Waals surface area contributed by atoms with Crippen LogP contribution in [0.3, 0.4) is 0 Å². The van der Waals surface area contributed by atoms with E-state index in [4.69, 9.17) is 0 Å². The lowest BCUT2D eigenvalue weighted by Crippen LogP contribution is -2.30. The van der Waals surface area contributed by atoms with Crippen LogP contribution >= 0.6 is 0 Å². The molecule has 2 rings (SSSR count). The highest BCUT2D eigenvalue weighted by molar-refractivity contribution is 5.10. The Bertz CT molecular complexity index is 297. The third-order valence-electron chi connectivity index (χ3n) is 3.49. The predicted octanol–water partition coefficient (Wildman–Crippen LogP) is 3.32. The number of hydrogen-bond donors (Lipinski definition) is 1. The molecule has 1 fully saturated rings. The molecule has 0 unspecified atom stereocenters. The second-order valence-corrected chi connectivity index (χ2v) is 4.97. The van der Waals surface area contributed by atoms with Crippen molar-refractivity contribution >= 4 is 0 Å². The Morgan fingerprint density at radius 1 is 1.31 bits per heavy atom. The minimum atomic E-state index is 0.767. The minimum Gasteiger partial charge on any atom is -0.354 e. The molecule has 0 spiro atoms. The van der Waals surface area contributed by atoms with E-state index in [0.717, 1.165) is 19.1 Å². The number of nitrogens with zero attached hydrogens (tertiary/aromatic N) is 1. The summed E-state index contributed by atoms with van der Waals surface area (Å²) in [5.41, 5.74) is 1.43. The lowest BCUT2D eigenvalue weighted by molar-refractivity contribution is 0.372. The first-order valence-electron chi connectivity index (χ1n) is 6.76. The summed E-state index contributed by atoms with van der Waals surface area (Å²) in [6, 6.07) is 3.01. The van der Waals surface area contributed by atoms with Gasteiger partial charge in [-0.3, -0.25) is 0 Å². The first-order chi connectivity index (χ1) is 7.88. The lowest BCUT2D eigenvalue weighted by atomic mass is 9.95. The van der Waals surface area contributed by atoms with Crippen LogP contribution in [0.1, 0.15) is 51.0 Å². The maximum absolute atomic E-state index is 3.68. The summed E-state index contributed by atoms with van der Waals surface area (Å²) in [6.07, 6.45) is 12.7. The largest absolute Gasteiger partial charge is 0.354 e. The fourth-order valence-electron chi connectivity index (χ4n) is 2.56. The van der Waals surface area contributed by atoms with Crippen molar-refractivity contribution in [1.82, 2.24) is 9.88 Å². The number of hydrogen-bond acceptors (Lipinski definition) is 1. The standard InChI is InChI=1S/C14H24N2/c1-2-9-16-10-8-13(12-16)11-15-14-6-4-3-5-7-14/h8,10,12,14-15H,2-7,9,11H2,1H3. The first-order valence-corrected chi connectivity index (χ1v) is 6.76. The minimum absolute atomic E-state index is 0.767. The van der Waals surface area contributed by atoms with Crippen LogP contribution in [0.25, 0.3) is 0 Å². The van der Waals surface area contributed by atoms with Crippen LogP contribution in [0.5, 0.6) is 0 Å². The molecule has 2 heteroatoms. The zero-order valence-corrected chi connectivity index (χ0v) is 10.4. The van der Waals surface area contributed by atoms with E-state index in [0.29, 0.717) is 0 Å². The van der Waals surface area contributed by atoms with Gasteiger partial charge < -0.3 is 9.88 Å². The van der Waals surface area contributed by atoms with Gasteiger partial charge in [0.2, 0.25) is 0 Å². The van der Waals surface area contributed by atoms with Crippen molar-refractivity contribution in [2.24, 2.45) is 0 Å². The molecule has 1 aliphatic rings. The van der Waals surface area contributed by atoms with E-state index in [2.05, 4.69) is 35.3 Å². The van der Waals surface area contributed by atoms with Crippen LogP contribution in [0.4, 0.5) is 0 Å². The predicted molar refractivity (Wildman–Crippen MR) is 68.4 cm³/mol. The summed E-state index contributed by atoms with van der Waals surface area (Å²) >= 11 is 0. The van der Waals surface area contributed by atoms with Crippen molar-refractivity contribution in [2.45, 2.75) is 64.6 Å². The van der Waals surface area contributed by atoms with E-state index in [9.17, 15) is 0 Å². The van der Waals surface area contributed by atoms with Gasteiger partial charge in [-0.15, -0.1) is 0 Å². The maximum Gasteiger partial charge on any atom is 0.0223 e. The van der Waals surface area contributed by atoms with Crippen LogP contribution in [-0.2, 0) is 13.1 Å². The molecular weight excluding hydrogens is 196 g/mol. The molecule has 0 amide bonds. The summed E-state index contributed by atoms with van der Waals surface area (Å²) in [4.78, 5) is 0. The van der Waals surface area contributed by atoms with E-state index >= 15 is 0 Å². The average Bonchev–Trinajstić information content (AvgIpc) is 2.76. The molecule has 1 heterocycles. The molecule has 0 aromatic carbocycles. The van der Waals surface area contributed by atoms with Crippen molar-refractivity contribution in [3.8, 4) is 0 Å². The highest BCUT2D eigenvalue weighted by atomic mass is 15.0. The third-order valence-corrected chi connectivity index (χ3v) is 3.49. The Labute approximate surface area is 99.0 Å². The van der Waals surface area contributed by atoms with E-state index < -0.39 is 0 Å². The van der Waals surface area contributed by atoms with Gasteiger partial charge in [-0.05, 0) is 30.9 Å². The molecule has 1 aromatic heterocycles. The molecule has 0 bridgehead atoms. The Balaban J connectivity index is 1.75. The fraction of sp³-hybridized carbons (Fsp3) is 0.714. The van der Waals surface area contributed by atoms with Gasteiger partial charge in [-0.25, -0.2) is 0 Å². The van der Waals surface area contributed by atoms with Crippen LogP contribution in [-0.4, -0.2) is 10.6 Å². The smallest absolute Gasteiger partial charge is 0.0223 e. The number of rotatable bonds is 5. The van der Waals surface area contributed by atoms with Crippen molar-refractivity contribution in [3.05, 3.63) is 24.0 Å². The van der Waals surface area contributed by atoms with Gasteiger partial charge >= 0.3 is 0 Å². The maximum atomic E-state index is 3.68. The topological polar surface area (TPSA) is 17.0 Å². The SMILES string of the molecule is CCCn1ccc(CNC2CCCCC2)c1. The Hall–Kier alpha value is -0.760. The molecule has 1 N–H and O–H groups in total. The zero-order chi connectivity index (χ0) is 11.2. The Morgan fingerprint density at radius 3 is 2.88 bits per heavy atom. The van der Waals surface area contributed by atoms with Crippen LogP contribution in [0, 0.1) is 0 Å². The normalized spacial score (nSPS) is 17.8. The molecule has 0 aliphatic heterocycles. The van der Waals surface area contributed by atoms with Gasteiger partial charge in [0.25, 0.3) is 0 Å². The van der Waals surface area contributed by atoms with Gasteiger partial charge in [-0.1, -0.05) is 26.2 Å². The van der Waals surface area contributed by atoms with Crippen LogP contribution < -0.4 is 5.32 Å². The Morgan fingerprint density at radius 2 is 2.12 bits per heavy atom. The number of aryl methyl sites for hydroxylation is 1. The zero-order valence-electron chi connectivity index (χ0n) is 10.4. The molecule has 0 atom stereocenters. The highest BCUT2D eigenvalue weighted by Gasteiger charge is 2.12. The molecule has 2 nitrogen and oxygen atoms in total. The third kappa shape index (κ3) is 3.38. The van der Waals surface area contributed by atoms with Gasteiger partial charge in [0.15, 0.2) is 0 Å². The lowest BCUT2D eigenvalue weighted by Gasteiger charge is -2.22. The van der Waals surface area contributed by atoms with Gasteiger partial charge in [0.05, 0.1) is 0 Å². The summed E-state index contributed by atoms with van der Waals surface area (Å²) < 4.78 is 2.29. The van der Waals surface area contributed by atoms with E-state index in [1.165, 1.54) is 44.1 Å². The monoisotopic (exact) mass is 220 g/mol. The molecule has 1 aliphatic carbocycles. The summed E-state index contributed by atoms with van der Waals surface area (Å²) in [7, 11) is 0. The molecule has 0 radical (unpaired) electrons. The second-order valence-electron chi connectivity index (χ2n) is 4.97. The van der Waals surface area contributed by atoms with Gasteiger partial charge in [0, 0.05) is 31.5 Å². The van der Waals surface area contributed by atoms with Gasteiger partial charge in [0.1, 0.15) is 0 Å². The fourth-order valence-corrected chi connectivity index (χ4v) is 2.56. The van der Waals surface area contributed by atoms with Crippen molar-refractivity contribution in [3.63, 3.8) is 0 Å². The summed E-state index contributed by atoms with van der Waals surface area (Å²) in [5, 5.41) is 3.68. The quantitative estimate of drug-likeness (QED) is 0.805. The molecular formula is C14H24N2. The Kier molecular flexibility index (Phi) is 4.46. The van der Waals surface area contributed by atoms with Crippen molar-refractivity contribution < 1.29 is 0 Å². The number of nitrogens with one attached hydrogen (secondary N) is 1. The van der Waals surface area contributed by atoms with E-state index in [1.54, 1.807) is 0 Å². The molecule has 0 saturated heterocycles. The molecule has 90 valence electrons. The van der Waals surface area contributed by atoms with E-state index in [-0.39, 0.29) is 0 Å². The summed E-state index contributed by atoms with van der Waals surface area (Å²) in [5.74, 6) is 0. The second kappa shape index (κ2) is 6.09. The first kappa shape index (κ1) is 11.7. The van der Waals surface area contributed by atoms with Crippen molar-refractivity contribution in [1.29, 1.82) is 0 Å². The van der Waals surface area contributed by atoms with E-state index in [1.807, 2.05) is 0 Å². The molecule has 1 saturated carbocycles. The average molecular weight is 220 g/mol. The summed E-state index contributed by atoms with van der Waals surface area (Å²) in [6.45, 7) is 4.41.